The van der Waals surface area contributed by atoms with Crippen LogP contribution in [0.1, 0.15) is 11.1 Å². The van der Waals surface area contributed by atoms with E-state index in [1.54, 1.807) is 7.05 Å². The lowest BCUT2D eigenvalue weighted by Crippen LogP contribution is -2.27. The molecule has 132 valence electrons. The minimum atomic E-state index is -0.475. The molecule has 6 heteroatoms. The average Bonchev–Trinajstić information content (AvgIpc) is 2.63. The van der Waals surface area contributed by atoms with Gasteiger partial charge in [-0.15, -0.1) is 0 Å². The molecule has 0 saturated carbocycles. The van der Waals surface area contributed by atoms with E-state index in [0.717, 1.165) is 16.3 Å². The molecule has 3 rings (SSSR count). The third-order valence-electron chi connectivity index (χ3n) is 4.24. The van der Waals surface area contributed by atoms with E-state index < -0.39 is 4.92 Å². The zero-order valence-electron chi connectivity index (χ0n) is 14.2. The summed E-state index contributed by atoms with van der Waals surface area (Å²) < 4.78 is 0. The number of halogens is 1. The summed E-state index contributed by atoms with van der Waals surface area (Å²) in [5.74, 6) is -0.0807. The molecule has 1 amide bonds. The molecule has 0 aliphatic rings. The maximum atomic E-state index is 12.5. The molecule has 5 nitrogen and oxygen atoms in total. The van der Waals surface area contributed by atoms with Gasteiger partial charge in [0.1, 0.15) is 0 Å². The van der Waals surface area contributed by atoms with Gasteiger partial charge in [0.05, 0.1) is 11.3 Å². The Morgan fingerprint density at radius 3 is 2.54 bits per heavy atom. The third kappa shape index (κ3) is 4.00. The molecule has 3 aromatic rings. The van der Waals surface area contributed by atoms with Crippen molar-refractivity contribution in [1.29, 1.82) is 0 Å². The number of carbonyl (C=O) groups excluding carboxylic acids is 1. The van der Waals surface area contributed by atoms with Gasteiger partial charge in [0, 0.05) is 30.7 Å². The SMILES string of the molecule is CN(Cc1cc([N+](=O)[O-])ccc1Cl)C(=O)Cc1ccc2ccccc2c1. The number of likely N-dealkylation sites (N-methyl/N-ethyl adjacent to an activating group) is 1. The van der Waals surface area contributed by atoms with Gasteiger partial charge in [0.2, 0.25) is 5.91 Å². The number of nitro benzene ring substituents is 1. The van der Waals surface area contributed by atoms with Crippen molar-refractivity contribution in [3.63, 3.8) is 0 Å². The molecule has 0 unspecified atom stereocenters. The topological polar surface area (TPSA) is 63.4 Å². The van der Waals surface area contributed by atoms with E-state index >= 15 is 0 Å². The van der Waals surface area contributed by atoms with E-state index in [9.17, 15) is 14.9 Å². The van der Waals surface area contributed by atoms with Gasteiger partial charge in [-0.2, -0.15) is 0 Å². The predicted octanol–water partition coefficient (Wildman–Crippen LogP) is 4.60. The lowest BCUT2D eigenvalue weighted by Gasteiger charge is -2.18. The van der Waals surface area contributed by atoms with Crippen molar-refractivity contribution in [2.24, 2.45) is 0 Å². The van der Waals surface area contributed by atoms with Gasteiger partial charge in [-0.1, -0.05) is 54.1 Å². The first-order valence-electron chi connectivity index (χ1n) is 8.08. The highest BCUT2D eigenvalue weighted by Gasteiger charge is 2.15. The van der Waals surface area contributed by atoms with Crippen LogP contribution in [-0.4, -0.2) is 22.8 Å². The van der Waals surface area contributed by atoms with Crippen molar-refractivity contribution in [2.45, 2.75) is 13.0 Å². The summed E-state index contributed by atoms with van der Waals surface area (Å²) >= 11 is 6.11. The van der Waals surface area contributed by atoms with E-state index in [1.807, 2.05) is 42.5 Å². The lowest BCUT2D eigenvalue weighted by atomic mass is 10.0. The third-order valence-corrected chi connectivity index (χ3v) is 4.61. The molecule has 0 fully saturated rings. The highest BCUT2D eigenvalue weighted by molar-refractivity contribution is 6.31. The maximum Gasteiger partial charge on any atom is 0.269 e. The Bertz CT molecular complexity index is 988. The maximum absolute atomic E-state index is 12.5. The molecular weight excluding hydrogens is 352 g/mol. The van der Waals surface area contributed by atoms with Gasteiger partial charge < -0.3 is 4.90 Å². The molecule has 0 saturated heterocycles. The summed E-state index contributed by atoms with van der Waals surface area (Å²) in [7, 11) is 1.67. The van der Waals surface area contributed by atoms with E-state index in [1.165, 1.54) is 23.1 Å². The van der Waals surface area contributed by atoms with Gasteiger partial charge in [-0.05, 0) is 28.0 Å². The Morgan fingerprint density at radius 2 is 1.81 bits per heavy atom. The number of nitrogens with zero attached hydrogens (tertiary/aromatic N) is 2. The van der Waals surface area contributed by atoms with Crippen LogP contribution in [0.3, 0.4) is 0 Å². The first kappa shape index (κ1) is 17.9. The van der Waals surface area contributed by atoms with Crippen LogP contribution >= 0.6 is 11.6 Å². The Labute approximate surface area is 156 Å². The molecule has 0 aliphatic heterocycles. The predicted molar refractivity (Wildman–Crippen MR) is 102 cm³/mol. The zero-order valence-corrected chi connectivity index (χ0v) is 14.9. The second-order valence-electron chi connectivity index (χ2n) is 6.14. The second-order valence-corrected chi connectivity index (χ2v) is 6.55. The van der Waals surface area contributed by atoms with Gasteiger partial charge in [-0.25, -0.2) is 0 Å². The van der Waals surface area contributed by atoms with Crippen molar-refractivity contribution in [3.8, 4) is 0 Å². The lowest BCUT2D eigenvalue weighted by molar-refractivity contribution is -0.384. The van der Waals surface area contributed by atoms with Crippen molar-refractivity contribution in [2.75, 3.05) is 7.05 Å². The van der Waals surface area contributed by atoms with Crippen LogP contribution in [0.5, 0.6) is 0 Å². The van der Waals surface area contributed by atoms with Crippen molar-refractivity contribution >= 4 is 34.0 Å². The van der Waals surface area contributed by atoms with Crippen molar-refractivity contribution in [3.05, 3.63) is 86.9 Å². The van der Waals surface area contributed by atoms with Crippen LogP contribution < -0.4 is 0 Å². The Morgan fingerprint density at radius 1 is 1.08 bits per heavy atom. The quantitative estimate of drug-likeness (QED) is 0.488. The molecule has 0 radical (unpaired) electrons. The van der Waals surface area contributed by atoms with E-state index in [4.69, 9.17) is 11.6 Å². The largest absolute Gasteiger partial charge is 0.341 e. The first-order chi connectivity index (χ1) is 12.4. The summed E-state index contributed by atoms with van der Waals surface area (Å²) in [4.78, 5) is 24.5. The van der Waals surface area contributed by atoms with Crippen LogP contribution in [0.2, 0.25) is 5.02 Å². The fraction of sp³-hybridized carbons (Fsp3) is 0.150. The molecule has 0 spiro atoms. The van der Waals surface area contributed by atoms with Gasteiger partial charge in [0.25, 0.3) is 5.69 Å². The standard InChI is InChI=1S/C20H17ClN2O3/c1-22(13-17-12-18(23(25)26)8-9-19(17)21)20(24)11-14-6-7-15-4-2-3-5-16(15)10-14/h2-10,12H,11,13H2,1H3. The highest BCUT2D eigenvalue weighted by Crippen LogP contribution is 2.23. The van der Waals surface area contributed by atoms with E-state index in [-0.39, 0.29) is 24.6 Å². The Kier molecular flexibility index (Phi) is 5.19. The number of nitro groups is 1. The minimum Gasteiger partial charge on any atom is -0.341 e. The van der Waals surface area contributed by atoms with Gasteiger partial charge in [-0.3, -0.25) is 14.9 Å². The smallest absolute Gasteiger partial charge is 0.269 e. The summed E-state index contributed by atoms with van der Waals surface area (Å²) in [6.45, 7) is 0.215. The summed E-state index contributed by atoms with van der Waals surface area (Å²) in [6.07, 6.45) is 0.258. The van der Waals surface area contributed by atoms with Crippen LogP contribution in [0.15, 0.2) is 60.7 Å². The zero-order chi connectivity index (χ0) is 18.7. The van der Waals surface area contributed by atoms with Crippen molar-refractivity contribution < 1.29 is 9.72 Å². The number of rotatable bonds is 5. The van der Waals surface area contributed by atoms with Crippen LogP contribution in [0, 0.1) is 10.1 Å². The molecular formula is C20H17ClN2O3. The monoisotopic (exact) mass is 368 g/mol. The fourth-order valence-corrected chi connectivity index (χ4v) is 2.98. The van der Waals surface area contributed by atoms with Crippen LogP contribution in [-0.2, 0) is 17.8 Å². The number of hydrogen-bond donors (Lipinski definition) is 0. The number of non-ortho nitro benzene ring substituents is 1. The minimum absolute atomic E-state index is 0.0419. The summed E-state index contributed by atoms with van der Waals surface area (Å²) in [5.41, 5.74) is 1.43. The molecule has 0 aliphatic carbocycles. The van der Waals surface area contributed by atoms with E-state index in [2.05, 4.69) is 0 Å². The molecule has 26 heavy (non-hydrogen) atoms. The Hall–Kier alpha value is -2.92. The molecule has 3 aromatic carbocycles. The number of benzene rings is 3. The number of fused-ring (bicyclic) bond motifs is 1. The summed E-state index contributed by atoms with van der Waals surface area (Å²) in [5, 5.41) is 13.5. The van der Waals surface area contributed by atoms with Crippen LogP contribution in [0.4, 0.5) is 5.69 Å². The fourth-order valence-electron chi connectivity index (χ4n) is 2.80. The molecule has 0 bridgehead atoms. The van der Waals surface area contributed by atoms with Gasteiger partial charge >= 0.3 is 0 Å². The van der Waals surface area contributed by atoms with Gasteiger partial charge in [0.15, 0.2) is 0 Å². The van der Waals surface area contributed by atoms with Crippen LogP contribution in [0.25, 0.3) is 10.8 Å². The second kappa shape index (κ2) is 7.54. The molecule has 0 atom stereocenters. The van der Waals surface area contributed by atoms with Crippen molar-refractivity contribution in [1.82, 2.24) is 4.90 Å². The summed E-state index contributed by atoms with van der Waals surface area (Å²) in [6, 6.07) is 18.1. The average molecular weight is 369 g/mol. The first-order valence-corrected chi connectivity index (χ1v) is 8.46. The number of carbonyl (C=O) groups is 1. The molecule has 0 aromatic heterocycles. The molecule has 0 N–H and O–H groups in total. The Balaban J connectivity index is 1.73. The normalized spacial score (nSPS) is 10.7. The highest BCUT2D eigenvalue weighted by atomic mass is 35.5. The molecule has 0 heterocycles. The number of amides is 1. The van der Waals surface area contributed by atoms with E-state index in [0.29, 0.717) is 10.6 Å². The number of hydrogen-bond acceptors (Lipinski definition) is 3.